The van der Waals surface area contributed by atoms with Gasteiger partial charge in [0.2, 0.25) is 5.78 Å². The zero-order valence-corrected chi connectivity index (χ0v) is 22.5. The molecule has 5 rings (SSSR count). The van der Waals surface area contributed by atoms with Crippen LogP contribution in [0.5, 0.6) is 0 Å². The number of amides is 1. The summed E-state index contributed by atoms with van der Waals surface area (Å²) >= 11 is 0. The largest absolute Gasteiger partial charge is 0.480 e. The summed E-state index contributed by atoms with van der Waals surface area (Å²) in [7, 11) is 0. The summed E-state index contributed by atoms with van der Waals surface area (Å²) < 4.78 is 1.94. The molecule has 1 heterocycles. The number of carboxylic acid groups (broad SMARTS) is 1. The Bertz CT molecular complexity index is 1560. The van der Waals surface area contributed by atoms with E-state index >= 15 is 0 Å². The topological polar surface area (TPSA) is 88.4 Å². The highest BCUT2D eigenvalue weighted by atomic mass is 16.4. The number of hydrogen-bond donors (Lipinski definition) is 2. The number of aliphatic carboxylic acids is 1. The molecule has 40 heavy (non-hydrogen) atoms. The summed E-state index contributed by atoms with van der Waals surface area (Å²) in [6, 6.07) is 26.6. The Hall–Kier alpha value is -4.71. The molecule has 0 aliphatic heterocycles. The summed E-state index contributed by atoms with van der Waals surface area (Å²) in [6.07, 6.45) is 8.30. The lowest BCUT2D eigenvalue weighted by molar-refractivity contribution is -0.144. The van der Waals surface area contributed by atoms with Gasteiger partial charge in [-0.15, -0.1) is 0 Å². The lowest BCUT2D eigenvalue weighted by Crippen LogP contribution is -2.52. The van der Waals surface area contributed by atoms with E-state index in [4.69, 9.17) is 0 Å². The number of nitrogens with one attached hydrogen (secondary N) is 1. The SMILES string of the molecule is Cc1ccc(C(=O)c2cc(-c3ccccc3)cn2C/C=C/c2cccc(C(=O)NC3(C(=O)O)CCCC3)c2)cc1. The highest BCUT2D eigenvalue weighted by Gasteiger charge is 2.42. The second-order valence-corrected chi connectivity index (χ2v) is 10.4. The Morgan fingerprint density at radius 1 is 0.875 bits per heavy atom. The number of aromatic nitrogens is 1. The maximum Gasteiger partial charge on any atom is 0.329 e. The van der Waals surface area contributed by atoms with E-state index in [2.05, 4.69) is 5.32 Å². The minimum atomic E-state index is -1.19. The van der Waals surface area contributed by atoms with E-state index in [9.17, 15) is 19.5 Å². The maximum absolute atomic E-state index is 13.5. The lowest BCUT2D eigenvalue weighted by atomic mass is 9.97. The molecule has 0 saturated heterocycles. The van der Waals surface area contributed by atoms with Gasteiger partial charge in [0.15, 0.2) is 0 Å². The molecule has 202 valence electrons. The Morgan fingerprint density at radius 2 is 1.60 bits per heavy atom. The minimum Gasteiger partial charge on any atom is -0.480 e. The molecule has 4 aromatic rings. The number of rotatable bonds is 9. The van der Waals surface area contributed by atoms with Crippen molar-refractivity contribution in [1.29, 1.82) is 0 Å². The molecule has 1 saturated carbocycles. The molecule has 6 heteroatoms. The van der Waals surface area contributed by atoms with E-state index in [1.165, 1.54) is 0 Å². The number of carboxylic acids is 1. The van der Waals surface area contributed by atoms with Gasteiger partial charge in [0.1, 0.15) is 5.54 Å². The normalized spacial score (nSPS) is 14.3. The van der Waals surface area contributed by atoms with Crippen LogP contribution in [-0.4, -0.2) is 32.9 Å². The molecule has 0 atom stereocenters. The summed E-state index contributed by atoms with van der Waals surface area (Å²) in [6.45, 7) is 2.45. The van der Waals surface area contributed by atoms with Crippen LogP contribution in [0.2, 0.25) is 0 Å². The molecule has 1 fully saturated rings. The van der Waals surface area contributed by atoms with Crippen molar-refractivity contribution >= 4 is 23.7 Å². The molecule has 0 spiro atoms. The van der Waals surface area contributed by atoms with E-state index in [1.54, 1.807) is 18.2 Å². The third kappa shape index (κ3) is 5.81. The van der Waals surface area contributed by atoms with E-state index in [-0.39, 0.29) is 11.7 Å². The molecule has 1 amide bonds. The van der Waals surface area contributed by atoms with Crippen LogP contribution in [0.3, 0.4) is 0 Å². The van der Waals surface area contributed by atoms with Crippen LogP contribution in [0.25, 0.3) is 17.2 Å². The third-order valence-corrected chi connectivity index (χ3v) is 7.53. The van der Waals surface area contributed by atoms with Gasteiger partial charge in [-0.1, -0.05) is 97.3 Å². The fraction of sp³-hybridized carbons (Fsp3) is 0.206. The quantitative estimate of drug-likeness (QED) is 0.240. The fourth-order valence-electron chi connectivity index (χ4n) is 5.24. The van der Waals surface area contributed by atoms with Crippen molar-refractivity contribution in [3.8, 4) is 11.1 Å². The van der Waals surface area contributed by atoms with Crippen molar-refractivity contribution in [1.82, 2.24) is 9.88 Å². The van der Waals surface area contributed by atoms with Crippen molar-refractivity contribution < 1.29 is 19.5 Å². The summed E-state index contributed by atoms with van der Waals surface area (Å²) in [5.74, 6) is -1.41. The van der Waals surface area contributed by atoms with Crippen molar-refractivity contribution in [2.75, 3.05) is 0 Å². The molecule has 6 nitrogen and oxygen atoms in total. The van der Waals surface area contributed by atoms with Crippen LogP contribution >= 0.6 is 0 Å². The number of allylic oxidation sites excluding steroid dienone is 1. The Morgan fingerprint density at radius 3 is 2.30 bits per heavy atom. The van der Waals surface area contributed by atoms with Gasteiger partial charge in [-0.05, 0) is 49.1 Å². The average Bonchev–Trinajstić information content (AvgIpc) is 3.62. The zero-order valence-electron chi connectivity index (χ0n) is 22.5. The number of hydrogen-bond acceptors (Lipinski definition) is 3. The molecule has 0 radical (unpaired) electrons. The second kappa shape index (κ2) is 11.6. The number of nitrogens with zero attached hydrogens (tertiary/aromatic N) is 1. The standard InChI is InChI=1S/C34H32N2O4/c1-24-14-16-27(17-15-24)31(37)30-22-29(26-11-3-2-4-12-26)23-36(30)20-8-10-25-9-7-13-28(21-25)32(38)35-34(33(39)40)18-5-6-19-34/h2-4,7-17,21-23H,5-6,18-20H2,1H3,(H,35,38)(H,39,40)/b10-8+. The minimum absolute atomic E-state index is 0.0477. The molecule has 0 bridgehead atoms. The van der Waals surface area contributed by atoms with Crippen molar-refractivity contribution in [3.05, 3.63) is 125 Å². The van der Waals surface area contributed by atoms with E-state index < -0.39 is 11.5 Å². The van der Waals surface area contributed by atoms with Crippen LogP contribution in [0.4, 0.5) is 0 Å². The molecule has 3 aromatic carbocycles. The van der Waals surface area contributed by atoms with Gasteiger partial charge in [0.05, 0.1) is 5.69 Å². The summed E-state index contributed by atoms with van der Waals surface area (Å²) in [5.41, 5.74) is 4.35. The van der Waals surface area contributed by atoms with Crippen LogP contribution in [-0.2, 0) is 11.3 Å². The predicted molar refractivity (Wildman–Crippen MR) is 156 cm³/mol. The van der Waals surface area contributed by atoms with E-state index in [0.717, 1.165) is 35.1 Å². The molecule has 0 unspecified atom stereocenters. The number of aryl methyl sites for hydroxylation is 1. The lowest BCUT2D eigenvalue weighted by Gasteiger charge is -2.25. The first-order chi connectivity index (χ1) is 19.3. The average molecular weight is 533 g/mol. The smallest absolute Gasteiger partial charge is 0.329 e. The third-order valence-electron chi connectivity index (χ3n) is 7.53. The summed E-state index contributed by atoms with van der Waals surface area (Å²) in [5, 5.41) is 12.5. The Labute approximate surface area is 234 Å². The number of carbonyl (C=O) groups is 3. The molecule has 1 aromatic heterocycles. The zero-order chi connectivity index (χ0) is 28.1. The van der Waals surface area contributed by atoms with Gasteiger partial charge < -0.3 is 15.0 Å². The summed E-state index contributed by atoms with van der Waals surface area (Å²) in [4.78, 5) is 38.2. The molecule has 1 aliphatic rings. The van der Waals surface area contributed by atoms with E-state index in [1.807, 2.05) is 96.6 Å². The first-order valence-corrected chi connectivity index (χ1v) is 13.5. The first-order valence-electron chi connectivity index (χ1n) is 13.5. The second-order valence-electron chi connectivity index (χ2n) is 10.4. The van der Waals surface area contributed by atoms with Gasteiger partial charge in [0.25, 0.3) is 5.91 Å². The van der Waals surface area contributed by atoms with Crippen LogP contribution in [0.1, 0.15) is 63.2 Å². The van der Waals surface area contributed by atoms with Crippen molar-refractivity contribution in [2.24, 2.45) is 0 Å². The van der Waals surface area contributed by atoms with Crippen LogP contribution < -0.4 is 5.32 Å². The van der Waals surface area contributed by atoms with Crippen LogP contribution in [0, 0.1) is 6.92 Å². The molecular weight excluding hydrogens is 500 g/mol. The number of carbonyl (C=O) groups excluding carboxylic acids is 2. The monoisotopic (exact) mass is 532 g/mol. The van der Waals surface area contributed by atoms with Gasteiger partial charge in [-0.2, -0.15) is 0 Å². The van der Waals surface area contributed by atoms with Gasteiger partial charge >= 0.3 is 5.97 Å². The highest BCUT2D eigenvalue weighted by molar-refractivity contribution is 6.08. The first kappa shape index (κ1) is 26.9. The molecule has 1 aliphatic carbocycles. The number of ketones is 1. The van der Waals surface area contributed by atoms with Gasteiger partial charge in [0, 0.05) is 29.4 Å². The fourth-order valence-corrected chi connectivity index (χ4v) is 5.24. The number of benzene rings is 3. The highest BCUT2D eigenvalue weighted by Crippen LogP contribution is 2.30. The van der Waals surface area contributed by atoms with Gasteiger partial charge in [-0.25, -0.2) is 4.79 Å². The van der Waals surface area contributed by atoms with Gasteiger partial charge in [-0.3, -0.25) is 9.59 Å². The van der Waals surface area contributed by atoms with Crippen molar-refractivity contribution in [3.63, 3.8) is 0 Å². The van der Waals surface area contributed by atoms with E-state index in [0.29, 0.717) is 36.2 Å². The Balaban J connectivity index is 1.37. The predicted octanol–water partition coefficient (Wildman–Crippen LogP) is 6.54. The van der Waals surface area contributed by atoms with Crippen molar-refractivity contribution in [2.45, 2.75) is 44.7 Å². The van der Waals surface area contributed by atoms with Crippen LogP contribution in [0.15, 0.2) is 97.2 Å². The maximum atomic E-state index is 13.5. The Kier molecular flexibility index (Phi) is 7.78. The molecular formula is C34H32N2O4. The molecule has 2 N–H and O–H groups in total.